The molecule has 0 fully saturated rings. The van der Waals surface area contributed by atoms with Crippen LogP contribution in [0.25, 0.3) is 5.52 Å². The van der Waals surface area contributed by atoms with Crippen LogP contribution in [0.15, 0.2) is 54.7 Å². The van der Waals surface area contributed by atoms with Gasteiger partial charge in [0.2, 0.25) is 0 Å². The molecule has 5 heteroatoms. The maximum absolute atomic E-state index is 12.4. The Balaban J connectivity index is 1.49. The second kappa shape index (κ2) is 8.05. The highest BCUT2D eigenvalue weighted by Crippen LogP contribution is 2.16. The smallest absolute Gasteiger partial charge is 0.183 e. The lowest BCUT2D eigenvalue weighted by Crippen LogP contribution is -2.17. The second-order valence-corrected chi connectivity index (χ2v) is 6.08. The van der Waals surface area contributed by atoms with Crippen LogP contribution >= 0.6 is 0 Å². The fourth-order valence-corrected chi connectivity index (χ4v) is 2.78. The maximum atomic E-state index is 12.4. The molecule has 3 aromatic rings. The standard InChI is InChI=1S/C20H22N2O3/c1-15-21-20(18-9-5-6-12-22(15)18)19(24)11-10-17(23)14-25-13-16-7-3-2-4-8-16/h2-9,12,17,23H,10-11,13-14H2,1H3/t17-/m1/s1. The molecule has 1 atom stereocenters. The summed E-state index contributed by atoms with van der Waals surface area (Å²) in [6, 6.07) is 15.5. The van der Waals surface area contributed by atoms with Crippen molar-refractivity contribution < 1.29 is 14.6 Å². The lowest BCUT2D eigenvalue weighted by molar-refractivity contribution is 0.0236. The molecule has 1 N–H and O–H groups in total. The molecule has 1 aromatic carbocycles. The number of hydrogen-bond acceptors (Lipinski definition) is 4. The number of benzene rings is 1. The molecule has 0 amide bonds. The molecule has 0 saturated heterocycles. The number of carbonyl (C=O) groups excluding carboxylic acids is 1. The molecule has 0 radical (unpaired) electrons. The maximum Gasteiger partial charge on any atom is 0.183 e. The van der Waals surface area contributed by atoms with E-state index < -0.39 is 6.10 Å². The van der Waals surface area contributed by atoms with E-state index in [-0.39, 0.29) is 18.8 Å². The van der Waals surface area contributed by atoms with E-state index in [2.05, 4.69) is 4.98 Å². The third-order valence-electron chi connectivity index (χ3n) is 4.12. The molecule has 0 saturated carbocycles. The fraction of sp³-hybridized carbons (Fsp3) is 0.300. The van der Waals surface area contributed by atoms with Crippen molar-refractivity contribution >= 4 is 11.3 Å². The van der Waals surface area contributed by atoms with Gasteiger partial charge in [-0.1, -0.05) is 36.4 Å². The number of ketones is 1. The number of nitrogens with zero attached hydrogens (tertiary/aromatic N) is 2. The van der Waals surface area contributed by atoms with E-state index in [0.717, 1.165) is 16.9 Å². The van der Waals surface area contributed by atoms with Gasteiger partial charge >= 0.3 is 0 Å². The van der Waals surface area contributed by atoms with Gasteiger partial charge in [0.25, 0.3) is 0 Å². The van der Waals surface area contributed by atoms with Gasteiger partial charge in [0.15, 0.2) is 5.78 Å². The number of imidazole rings is 1. The molecule has 3 rings (SSSR count). The van der Waals surface area contributed by atoms with Gasteiger partial charge in [0, 0.05) is 12.6 Å². The Hall–Kier alpha value is -2.50. The van der Waals surface area contributed by atoms with Crippen LogP contribution in [0.3, 0.4) is 0 Å². The Bertz CT molecular complexity index is 843. The van der Waals surface area contributed by atoms with Crippen LogP contribution < -0.4 is 0 Å². The predicted octanol–water partition coefficient (Wildman–Crippen LogP) is 3.18. The topological polar surface area (TPSA) is 63.8 Å². The number of aryl methyl sites for hydroxylation is 1. The number of Topliss-reactive ketones (excluding diaryl/α,β-unsaturated/α-hetero) is 1. The molecule has 0 spiro atoms. The normalized spacial score (nSPS) is 12.4. The van der Waals surface area contributed by atoms with Crippen molar-refractivity contribution in [2.75, 3.05) is 6.61 Å². The fourth-order valence-electron chi connectivity index (χ4n) is 2.78. The van der Waals surface area contributed by atoms with E-state index >= 15 is 0 Å². The van der Waals surface area contributed by atoms with E-state index in [1.807, 2.05) is 66.1 Å². The summed E-state index contributed by atoms with van der Waals surface area (Å²) in [5.41, 5.74) is 2.33. The molecular weight excluding hydrogens is 316 g/mol. The largest absolute Gasteiger partial charge is 0.391 e. The third-order valence-corrected chi connectivity index (χ3v) is 4.12. The Morgan fingerprint density at radius 2 is 1.96 bits per heavy atom. The zero-order valence-corrected chi connectivity index (χ0v) is 14.3. The Kier molecular flexibility index (Phi) is 5.58. The van der Waals surface area contributed by atoms with Crippen LogP contribution in [0.1, 0.15) is 34.7 Å². The molecule has 2 heterocycles. The minimum atomic E-state index is -0.664. The van der Waals surface area contributed by atoms with Gasteiger partial charge in [-0.2, -0.15) is 0 Å². The summed E-state index contributed by atoms with van der Waals surface area (Å²) in [6.45, 7) is 2.54. The van der Waals surface area contributed by atoms with Gasteiger partial charge in [-0.3, -0.25) is 4.79 Å². The van der Waals surface area contributed by atoms with Crippen molar-refractivity contribution in [1.29, 1.82) is 0 Å². The molecule has 0 aliphatic carbocycles. The van der Waals surface area contributed by atoms with Gasteiger partial charge in [-0.25, -0.2) is 4.98 Å². The van der Waals surface area contributed by atoms with Crippen LogP contribution in [-0.4, -0.2) is 33.0 Å². The molecule has 0 bridgehead atoms. The van der Waals surface area contributed by atoms with Crippen molar-refractivity contribution in [2.45, 2.75) is 32.5 Å². The van der Waals surface area contributed by atoms with Gasteiger partial charge in [0.05, 0.1) is 24.8 Å². The lowest BCUT2D eigenvalue weighted by Gasteiger charge is -2.10. The molecule has 2 aromatic heterocycles. The van der Waals surface area contributed by atoms with Crippen LogP contribution in [0.2, 0.25) is 0 Å². The Morgan fingerprint density at radius 3 is 2.76 bits per heavy atom. The molecule has 0 aliphatic rings. The third kappa shape index (κ3) is 4.32. The van der Waals surface area contributed by atoms with E-state index in [1.165, 1.54) is 0 Å². The highest BCUT2D eigenvalue weighted by Gasteiger charge is 2.17. The Morgan fingerprint density at radius 1 is 1.20 bits per heavy atom. The van der Waals surface area contributed by atoms with Gasteiger partial charge in [-0.15, -0.1) is 0 Å². The zero-order chi connectivity index (χ0) is 17.6. The number of carbonyl (C=O) groups is 1. The van der Waals surface area contributed by atoms with E-state index in [1.54, 1.807) is 0 Å². The zero-order valence-electron chi connectivity index (χ0n) is 14.3. The van der Waals surface area contributed by atoms with E-state index in [4.69, 9.17) is 4.74 Å². The molecule has 5 nitrogen and oxygen atoms in total. The number of fused-ring (bicyclic) bond motifs is 1. The first-order chi connectivity index (χ1) is 12.1. The average molecular weight is 338 g/mol. The average Bonchev–Trinajstić information content (AvgIpc) is 2.98. The van der Waals surface area contributed by atoms with Crippen molar-refractivity contribution in [3.8, 4) is 0 Å². The summed E-state index contributed by atoms with van der Waals surface area (Å²) in [7, 11) is 0. The minimum Gasteiger partial charge on any atom is -0.391 e. The SMILES string of the molecule is Cc1nc(C(=O)CC[C@@H](O)COCc2ccccc2)c2ccccn12. The highest BCUT2D eigenvalue weighted by molar-refractivity contribution is 6.00. The molecule has 0 unspecified atom stereocenters. The molecule has 0 aliphatic heterocycles. The van der Waals surface area contributed by atoms with Crippen molar-refractivity contribution in [1.82, 2.24) is 9.38 Å². The minimum absolute atomic E-state index is 0.0566. The quantitative estimate of drug-likeness (QED) is 0.641. The number of aliphatic hydroxyl groups is 1. The Labute approximate surface area is 146 Å². The number of aliphatic hydroxyl groups excluding tert-OH is 1. The summed E-state index contributed by atoms with van der Waals surface area (Å²) in [5, 5.41) is 10.0. The van der Waals surface area contributed by atoms with Crippen LogP contribution in [0.5, 0.6) is 0 Å². The number of pyridine rings is 1. The first-order valence-electron chi connectivity index (χ1n) is 8.42. The lowest BCUT2D eigenvalue weighted by atomic mass is 10.1. The summed E-state index contributed by atoms with van der Waals surface area (Å²) in [5.74, 6) is 0.726. The molecular formula is C20H22N2O3. The summed E-state index contributed by atoms with van der Waals surface area (Å²) < 4.78 is 7.41. The molecule has 25 heavy (non-hydrogen) atoms. The van der Waals surface area contributed by atoms with Crippen molar-refractivity contribution in [3.05, 3.63) is 71.8 Å². The van der Waals surface area contributed by atoms with E-state index in [0.29, 0.717) is 18.7 Å². The number of ether oxygens (including phenoxy) is 1. The summed E-state index contributed by atoms with van der Waals surface area (Å²) >= 11 is 0. The highest BCUT2D eigenvalue weighted by atomic mass is 16.5. The first-order valence-corrected chi connectivity index (χ1v) is 8.42. The second-order valence-electron chi connectivity index (χ2n) is 6.08. The van der Waals surface area contributed by atoms with Gasteiger partial charge in [0.1, 0.15) is 11.5 Å². The monoisotopic (exact) mass is 338 g/mol. The first kappa shape index (κ1) is 17.3. The van der Waals surface area contributed by atoms with Gasteiger partial charge in [-0.05, 0) is 31.0 Å². The van der Waals surface area contributed by atoms with Crippen LogP contribution in [0.4, 0.5) is 0 Å². The predicted molar refractivity (Wildman–Crippen MR) is 95.6 cm³/mol. The van der Waals surface area contributed by atoms with Crippen LogP contribution in [0, 0.1) is 6.92 Å². The number of rotatable bonds is 8. The van der Waals surface area contributed by atoms with Gasteiger partial charge < -0.3 is 14.2 Å². The molecule has 130 valence electrons. The van der Waals surface area contributed by atoms with E-state index in [9.17, 15) is 9.90 Å². The van der Waals surface area contributed by atoms with Crippen molar-refractivity contribution in [2.24, 2.45) is 0 Å². The number of hydrogen-bond donors (Lipinski definition) is 1. The van der Waals surface area contributed by atoms with Crippen molar-refractivity contribution in [3.63, 3.8) is 0 Å². The summed E-state index contributed by atoms with van der Waals surface area (Å²) in [6.07, 6.45) is 1.83. The van der Waals surface area contributed by atoms with Crippen LogP contribution in [-0.2, 0) is 11.3 Å². The number of aromatic nitrogens is 2. The summed E-state index contributed by atoms with van der Waals surface area (Å²) in [4.78, 5) is 16.8.